The molecule has 1 aromatic heterocycles. The summed E-state index contributed by atoms with van der Waals surface area (Å²) in [6.07, 6.45) is 1.03. The Balaban J connectivity index is 1.35. The van der Waals surface area contributed by atoms with Crippen molar-refractivity contribution in [1.29, 1.82) is 0 Å². The fourth-order valence-corrected chi connectivity index (χ4v) is 6.98. The zero-order valence-electron chi connectivity index (χ0n) is 24.6. The monoisotopic (exact) mass is 664 g/mol. The van der Waals surface area contributed by atoms with Crippen LogP contribution in [0.15, 0.2) is 101 Å². The minimum Gasteiger partial charge on any atom is -0.476 e. The molecule has 5 rings (SSSR count). The molecule has 0 saturated heterocycles. The molecular formula is C33H30F2N4O5S2. The van der Waals surface area contributed by atoms with Crippen LogP contribution in [0, 0.1) is 0 Å². The lowest BCUT2D eigenvalue weighted by Crippen LogP contribution is -2.39. The molecule has 46 heavy (non-hydrogen) atoms. The average Bonchev–Trinajstić information content (AvgIpc) is 3.35. The third-order valence-corrected chi connectivity index (χ3v) is 9.30. The fraction of sp³-hybridized carbons (Fsp3) is 0.182. The van der Waals surface area contributed by atoms with E-state index in [0.29, 0.717) is 35.4 Å². The first-order chi connectivity index (χ1) is 22.1. The number of carbonyl (C=O) groups is 2. The second-order valence-electron chi connectivity index (χ2n) is 10.3. The summed E-state index contributed by atoms with van der Waals surface area (Å²) in [4.78, 5) is 28.8. The Labute approximate surface area is 268 Å². The third-order valence-electron chi connectivity index (χ3n) is 7.22. The number of amides is 2. The summed E-state index contributed by atoms with van der Waals surface area (Å²) in [6.45, 7) is 2.06. The topological polar surface area (TPSA) is 130 Å². The second kappa shape index (κ2) is 14.1. The lowest BCUT2D eigenvalue weighted by Gasteiger charge is -2.14. The van der Waals surface area contributed by atoms with Gasteiger partial charge in [-0.1, -0.05) is 91.9 Å². The average molecular weight is 665 g/mol. The number of thioether (sulfide) groups is 1. The van der Waals surface area contributed by atoms with E-state index >= 15 is 0 Å². The van der Waals surface area contributed by atoms with Gasteiger partial charge in [-0.05, 0) is 51.7 Å². The molecule has 0 unspecified atom stereocenters. The summed E-state index contributed by atoms with van der Waals surface area (Å²) in [6, 6.07) is 25.5. The summed E-state index contributed by atoms with van der Waals surface area (Å²) in [7, 11) is -4.28. The maximum absolute atomic E-state index is 13.4. The molecule has 0 bridgehead atoms. The number of imidazole rings is 1. The van der Waals surface area contributed by atoms with Gasteiger partial charge in [-0.15, -0.1) is 0 Å². The van der Waals surface area contributed by atoms with Gasteiger partial charge in [0.15, 0.2) is 5.69 Å². The van der Waals surface area contributed by atoms with Crippen LogP contribution in [0.1, 0.15) is 40.8 Å². The van der Waals surface area contributed by atoms with Crippen molar-refractivity contribution in [2.24, 2.45) is 0 Å². The quantitative estimate of drug-likeness (QED) is 0.124. The number of aromatic nitrogens is 2. The number of aryl methyl sites for hydroxylation is 1. The normalized spacial score (nSPS) is 11.6. The molecule has 3 N–H and O–H groups in total. The maximum atomic E-state index is 13.4. The first-order valence-corrected chi connectivity index (χ1v) is 16.7. The number of carbonyl (C=O) groups excluding carboxylic acids is 1. The minimum atomic E-state index is -4.28. The van der Waals surface area contributed by atoms with Crippen molar-refractivity contribution in [3.8, 4) is 11.1 Å². The number of nitrogens with zero attached hydrogens (tertiary/aromatic N) is 2. The number of urea groups is 1. The lowest BCUT2D eigenvalue weighted by atomic mass is 10.0. The Morgan fingerprint density at radius 1 is 0.957 bits per heavy atom. The third kappa shape index (κ3) is 7.37. The fourth-order valence-electron chi connectivity index (χ4n) is 5.18. The molecule has 0 saturated carbocycles. The highest BCUT2D eigenvalue weighted by atomic mass is 32.2. The van der Waals surface area contributed by atoms with Gasteiger partial charge >= 0.3 is 12.0 Å². The first-order valence-electron chi connectivity index (χ1n) is 14.3. The zero-order valence-corrected chi connectivity index (χ0v) is 26.2. The van der Waals surface area contributed by atoms with Crippen molar-refractivity contribution in [2.75, 3.05) is 0 Å². The van der Waals surface area contributed by atoms with E-state index in [2.05, 4.69) is 15.0 Å². The van der Waals surface area contributed by atoms with E-state index in [0.717, 1.165) is 16.3 Å². The molecule has 0 atom stereocenters. The van der Waals surface area contributed by atoms with Crippen LogP contribution in [0.3, 0.4) is 0 Å². The second-order valence-corrected chi connectivity index (χ2v) is 13.0. The van der Waals surface area contributed by atoms with Gasteiger partial charge in [0.1, 0.15) is 10.9 Å². The highest BCUT2D eigenvalue weighted by molar-refractivity contribution is 7.99. The molecule has 238 valence electrons. The van der Waals surface area contributed by atoms with Crippen LogP contribution in [0.5, 0.6) is 0 Å². The van der Waals surface area contributed by atoms with Gasteiger partial charge in [-0.2, -0.15) is 8.78 Å². The molecule has 0 aliphatic heterocycles. The van der Waals surface area contributed by atoms with E-state index in [4.69, 9.17) is 0 Å². The smallest absolute Gasteiger partial charge is 0.355 e. The highest BCUT2D eigenvalue weighted by Crippen LogP contribution is 2.31. The molecule has 5 aromatic rings. The molecular weight excluding hydrogens is 635 g/mol. The standard InChI is InChI=1S/C33H30F2N4O5S2/c1-2-8-28-37-30(45-32(34)35)29(31(40)41)39(28)20-21-15-17-23(18-16-21)26-13-5-6-14-27(26)46(43,44)38-33(42)36-19-24-11-7-10-22-9-3-4-12-25(22)24/h3-7,9-18,32H,2,8,19-20H2,1H3,(H,40,41)(H2,36,38,42). The Morgan fingerprint density at radius 2 is 1.65 bits per heavy atom. The predicted molar refractivity (Wildman–Crippen MR) is 173 cm³/mol. The SMILES string of the molecule is CCCc1nc(SC(F)F)c(C(=O)O)n1Cc1ccc(-c2ccccc2S(=O)(=O)NC(=O)NCc2cccc3ccccc23)cc1. The minimum absolute atomic E-state index is 0.0619. The number of hydrogen-bond donors (Lipinski definition) is 3. The van der Waals surface area contributed by atoms with Gasteiger partial charge in [0.05, 0.1) is 4.90 Å². The number of carboxylic acids is 1. The number of rotatable bonds is 12. The van der Waals surface area contributed by atoms with E-state index in [9.17, 15) is 31.9 Å². The van der Waals surface area contributed by atoms with E-state index in [1.165, 1.54) is 10.6 Å². The van der Waals surface area contributed by atoms with Gasteiger partial charge in [-0.3, -0.25) is 0 Å². The van der Waals surface area contributed by atoms with Crippen LogP contribution >= 0.6 is 11.8 Å². The molecule has 0 spiro atoms. The maximum Gasteiger partial charge on any atom is 0.355 e. The van der Waals surface area contributed by atoms with Crippen molar-refractivity contribution in [2.45, 2.75) is 48.5 Å². The molecule has 13 heteroatoms. The summed E-state index contributed by atoms with van der Waals surface area (Å²) in [5, 5.41) is 14.1. The summed E-state index contributed by atoms with van der Waals surface area (Å²) < 4.78 is 56.5. The van der Waals surface area contributed by atoms with Gasteiger partial charge in [0.25, 0.3) is 15.8 Å². The van der Waals surface area contributed by atoms with Gasteiger partial charge in [-0.25, -0.2) is 27.7 Å². The molecule has 0 aliphatic rings. The Morgan fingerprint density at radius 3 is 2.37 bits per heavy atom. The van der Waals surface area contributed by atoms with Crippen molar-refractivity contribution in [1.82, 2.24) is 19.6 Å². The van der Waals surface area contributed by atoms with Crippen LogP contribution in [-0.4, -0.2) is 40.8 Å². The highest BCUT2D eigenvalue weighted by Gasteiger charge is 2.26. The van der Waals surface area contributed by atoms with E-state index in [1.807, 2.05) is 49.4 Å². The Hall–Kier alpha value is -4.75. The Bertz CT molecular complexity index is 1990. The summed E-state index contributed by atoms with van der Waals surface area (Å²) in [5.41, 5.74) is 2.07. The number of nitrogens with one attached hydrogen (secondary N) is 2. The van der Waals surface area contributed by atoms with Crippen LogP contribution in [0.25, 0.3) is 21.9 Å². The number of benzene rings is 4. The molecule has 0 aliphatic carbocycles. The number of fused-ring (bicyclic) bond motifs is 1. The summed E-state index contributed by atoms with van der Waals surface area (Å²) in [5.74, 6) is -3.80. The van der Waals surface area contributed by atoms with Crippen LogP contribution in [0.2, 0.25) is 0 Å². The van der Waals surface area contributed by atoms with Crippen molar-refractivity contribution in [3.63, 3.8) is 0 Å². The molecule has 0 fully saturated rings. The number of hydrogen-bond acceptors (Lipinski definition) is 6. The van der Waals surface area contributed by atoms with Crippen LogP contribution < -0.4 is 10.0 Å². The van der Waals surface area contributed by atoms with Gasteiger partial charge < -0.3 is 15.0 Å². The lowest BCUT2D eigenvalue weighted by molar-refractivity contribution is 0.0681. The predicted octanol–water partition coefficient (Wildman–Crippen LogP) is 6.91. The number of halogens is 2. The molecule has 0 radical (unpaired) electrons. The summed E-state index contributed by atoms with van der Waals surface area (Å²) >= 11 is 0.0972. The van der Waals surface area contributed by atoms with E-state index in [-0.39, 0.29) is 40.5 Å². The first kappa shape index (κ1) is 32.6. The van der Waals surface area contributed by atoms with Crippen LogP contribution in [-0.2, 0) is 29.5 Å². The van der Waals surface area contributed by atoms with E-state index < -0.39 is 27.8 Å². The van der Waals surface area contributed by atoms with Crippen molar-refractivity contribution in [3.05, 3.63) is 114 Å². The van der Waals surface area contributed by atoms with Gasteiger partial charge in [0, 0.05) is 25.1 Å². The molecule has 2 amide bonds. The number of aromatic carboxylic acids is 1. The Kier molecular flexibility index (Phi) is 10.0. The van der Waals surface area contributed by atoms with Gasteiger partial charge in [0.2, 0.25) is 0 Å². The van der Waals surface area contributed by atoms with Crippen LogP contribution in [0.4, 0.5) is 13.6 Å². The van der Waals surface area contributed by atoms with Crippen molar-refractivity contribution >= 4 is 44.6 Å². The number of alkyl halides is 2. The largest absolute Gasteiger partial charge is 0.476 e. The zero-order chi connectivity index (χ0) is 32.8. The van der Waals surface area contributed by atoms with E-state index in [1.54, 1.807) is 42.5 Å². The molecule has 1 heterocycles. The molecule has 9 nitrogen and oxygen atoms in total. The number of sulfonamides is 1. The number of carboxylic acid groups (broad SMARTS) is 1. The molecule has 4 aromatic carbocycles. The van der Waals surface area contributed by atoms with Crippen molar-refractivity contribution < 1.29 is 31.9 Å².